The van der Waals surface area contributed by atoms with E-state index in [1.54, 1.807) is 13.8 Å². The first-order valence-corrected chi connectivity index (χ1v) is 11.9. The molecule has 1 saturated heterocycles. The molecule has 10 heteroatoms. The fourth-order valence-electron chi connectivity index (χ4n) is 3.30. The van der Waals surface area contributed by atoms with Crippen LogP contribution in [0.25, 0.3) is 0 Å². The second-order valence-electron chi connectivity index (χ2n) is 10.1. The van der Waals surface area contributed by atoms with Crippen molar-refractivity contribution in [1.82, 2.24) is 10.6 Å². The second-order valence-corrected chi connectivity index (χ2v) is 10.1. The van der Waals surface area contributed by atoms with E-state index in [1.807, 2.05) is 13.8 Å². The third-order valence-corrected chi connectivity index (χ3v) is 6.22. The maximum atomic E-state index is 12.1. The van der Waals surface area contributed by atoms with Crippen LogP contribution in [-0.4, -0.2) is 71.6 Å². The summed E-state index contributed by atoms with van der Waals surface area (Å²) in [5.74, 6) is -1.85. The molecule has 10 nitrogen and oxygen atoms in total. The molecule has 0 spiro atoms. The molecule has 0 bridgehead atoms. The van der Waals surface area contributed by atoms with Gasteiger partial charge in [-0.15, -0.1) is 0 Å². The third kappa shape index (κ3) is 9.03. The van der Waals surface area contributed by atoms with E-state index in [9.17, 15) is 24.6 Å². The van der Waals surface area contributed by atoms with Crippen molar-refractivity contribution in [2.75, 3.05) is 32.9 Å². The number of phenolic OH excluding ortho intramolecular Hbond substituents is 2. The van der Waals surface area contributed by atoms with Gasteiger partial charge < -0.3 is 35.4 Å². The zero-order valence-electron chi connectivity index (χ0n) is 21.0. The number of carbonyl (C=O) groups excluding carboxylic acids is 2. The molecule has 1 aliphatic heterocycles. The first kappa shape index (κ1) is 28.4. The normalized spacial score (nSPS) is 18.2. The summed E-state index contributed by atoms with van der Waals surface area (Å²) in [5.41, 5.74) is 0.128. The molecule has 1 aromatic rings. The number of aryl methyl sites for hydroxylation is 1. The number of ether oxygens (including phenoxy) is 2. The first-order valence-electron chi connectivity index (χ1n) is 11.9. The molecule has 0 aromatic heterocycles. The molecule has 5 N–H and O–H groups in total. The lowest BCUT2D eigenvalue weighted by Crippen LogP contribution is -2.50. The Hall–Kier alpha value is -2.85. The highest BCUT2D eigenvalue weighted by molar-refractivity contribution is 5.92. The fraction of sp³-hybridized carbons (Fsp3) is 0.640. The Morgan fingerprint density at radius 3 is 2.40 bits per heavy atom. The maximum Gasteiger partial charge on any atom is 0.338 e. The molecule has 1 atom stereocenters. The molecule has 1 unspecified atom stereocenters. The number of esters is 1. The van der Waals surface area contributed by atoms with Crippen LogP contribution in [-0.2, 0) is 19.1 Å². The largest absolute Gasteiger partial charge is 0.504 e. The van der Waals surface area contributed by atoms with Crippen LogP contribution in [0.5, 0.6) is 11.5 Å². The van der Waals surface area contributed by atoms with Crippen molar-refractivity contribution >= 4 is 17.8 Å². The van der Waals surface area contributed by atoms with Gasteiger partial charge in [0.25, 0.3) is 0 Å². The lowest BCUT2D eigenvalue weighted by atomic mass is 10.0. The first-order chi connectivity index (χ1) is 16.3. The van der Waals surface area contributed by atoms with E-state index in [1.165, 1.54) is 12.1 Å². The number of carboxylic acid groups (broad SMARTS) is 1. The number of nitrogens with one attached hydrogen (secondary N) is 2. The number of rotatable bonds is 10. The molecule has 196 valence electrons. The second kappa shape index (κ2) is 12.2. The highest BCUT2D eigenvalue weighted by atomic mass is 16.5. The molecule has 1 amide bonds. The number of phenols is 2. The van der Waals surface area contributed by atoms with Crippen molar-refractivity contribution in [3.63, 3.8) is 0 Å². The van der Waals surface area contributed by atoms with Crippen molar-refractivity contribution in [2.24, 2.45) is 11.3 Å². The highest BCUT2D eigenvalue weighted by Crippen LogP contribution is 2.44. The molecule has 0 radical (unpaired) electrons. The van der Waals surface area contributed by atoms with Crippen LogP contribution >= 0.6 is 0 Å². The van der Waals surface area contributed by atoms with Crippen LogP contribution < -0.4 is 10.6 Å². The zero-order valence-corrected chi connectivity index (χ0v) is 21.0. The molecular weight excluding hydrogens is 456 g/mol. The van der Waals surface area contributed by atoms with Crippen molar-refractivity contribution in [3.05, 3.63) is 23.3 Å². The van der Waals surface area contributed by atoms with Crippen molar-refractivity contribution in [3.8, 4) is 11.5 Å². The van der Waals surface area contributed by atoms with Gasteiger partial charge in [0.2, 0.25) is 5.91 Å². The van der Waals surface area contributed by atoms with Crippen LogP contribution in [0.4, 0.5) is 0 Å². The Balaban J connectivity index is 0.000000527. The number of aromatic hydroxyl groups is 2. The van der Waals surface area contributed by atoms with E-state index >= 15 is 0 Å². The van der Waals surface area contributed by atoms with E-state index in [-0.39, 0.29) is 46.4 Å². The van der Waals surface area contributed by atoms with Gasteiger partial charge in [-0.2, -0.15) is 0 Å². The predicted octanol–water partition coefficient (Wildman–Crippen LogP) is 2.35. The van der Waals surface area contributed by atoms with Gasteiger partial charge in [-0.05, 0) is 77.6 Å². The van der Waals surface area contributed by atoms with E-state index in [2.05, 4.69) is 10.6 Å². The van der Waals surface area contributed by atoms with E-state index < -0.39 is 11.9 Å². The summed E-state index contributed by atoms with van der Waals surface area (Å²) in [6.45, 7) is 9.87. The van der Waals surface area contributed by atoms with Crippen LogP contribution in [0.1, 0.15) is 62.4 Å². The number of carbonyl (C=O) groups is 3. The quantitative estimate of drug-likeness (QED) is 0.187. The van der Waals surface area contributed by atoms with Gasteiger partial charge in [0.1, 0.15) is 0 Å². The number of amides is 1. The maximum absolute atomic E-state index is 12.1. The SMILES string of the molecule is CC1(C(=O)O)CC1.Cc1cc(O)c(O)cc1C(=O)OCCCNC(C)(C)CNC(=O)C1CCOC1. The number of aliphatic carboxylic acids is 1. The molecule has 1 aromatic carbocycles. The van der Waals surface area contributed by atoms with Crippen molar-refractivity contribution in [2.45, 2.75) is 58.9 Å². The predicted molar refractivity (Wildman–Crippen MR) is 128 cm³/mol. The Morgan fingerprint density at radius 2 is 1.86 bits per heavy atom. The highest BCUT2D eigenvalue weighted by Gasteiger charge is 2.44. The monoisotopic (exact) mass is 494 g/mol. The van der Waals surface area contributed by atoms with Gasteiger partial charge >= 0.3 is 11.9 Å². The van der Waals surface area contributed by atoms with Crippen LogP contribution in [0, 0.1) is 18.3 Å². The zero-order chi connectivity index (χ0) is 26.2. The Kier molecular flexibility index (Phi) is 9.91. The van der Waals surface area contributed by atoms with Gasteiger partial charge in [-0.25, -0.2) is 4.79 Å². The van der Waals surface area contributed by atoms with Crippen LogP contribution in [0.15, 0.2) is 12.1 Å². The van der Waals surface area contributed by atoms with Gasteiger partial charge in [0.15, 0.2) is 11.5 Å². The summed E-state index contributed by atoms with van der Waals surface area (Å²) >= 11 is 0. The van der Waals surface area contributed by atoms with E-state index in [0.29, 0.717) is 38.3 Å². The number of hydrogen-bond acceptors (Lipinski definition) is 8. The van der Waals surface area contributed by atoms with Crippen molar-refractivity contribution < 1.29 is 39.2 Å². The minimum atomic E-state index is -0.646. The van der Waals surface area contributed by atoms with Crippen LogP contribution in [0.3, 0.4) is 0 Å². The van der Waals surface area contributed by atoms with Gasteiger partial charge in [0, 0.05) is 18.7 Å². The summed E-state index contributed by atoms with van der Waals surface area (Å²) in [4.78, 5) is 34.2. The van der Waals surface area contributed by atoms with Gasteiger partial charge in [-0.1, -0.05) is 0 Å². The lowest BCUT2D eigenvalue weighted by molar-refractivity contribution is -0.142. The average Bonchev–Trinajstić information content (AvgIpc) is 3.32. The van der Waals surface area contributed by atoms with Gasteiger partial charge in [-0.3, -0.25) is 9.59 Å². The summed E-state index contributed by atoms with van der Waals surface area (Å²) in [6, 6.07) is 2.52. The summed E-state index contributed by atoms with van der Waals surface area (Å²) in [5, 5.41) is 33.6. The minimum Gasteiger partial charge on any atom is -0.504 e. The average molecular weight is 495 g/mol. The van der Waals surface area contributed by atoms with Gasteiger partial charge in [0.05, 0.1) is 30.1 Å². The van der Waals surface area contributed by atoms with E-state index in [4.69, 9.17) is 14.6 Å². The standard InChI is InChI=1S/C20H30N2O6.C5H8O2/c1-13-9-16(23)17(24)10-15(13)19(26)28-7-4-6-22-20(2,3)12-21-18(25)14-5-8-27-11-14;1-5(2-3-5)4(6)7/h9-10,14,22-24H,4-8,11-12H2,1-3H3,(H,21,25);2-3H2,1H3,(H,6,7). The molecular formula is C25H38N2O8. The lowest BCUT2D eigenvalue weighted by Gasteiger charge is -2.27. The molecule has 1 aliphatic carbocycles. The number of hydrogen-bond donors (Lipinski definition) is 5. The minimum absolute atomic E-state index is 0.0221. The number of benzene rings is 1. The molecule has 2 aliphatic rings. The molecule has 3 rings (SSSR count). The molecule has 35 heavy (non-hydrogen) atoms. The summed E-state index contributed by atoms with van der Waals surface area (Å²) in [7, 11) is 0. The number of carboxylic acids is 1. The Morgan fingerprint density at radius 1 is 1.20 bits per heavy atom. The smallest absolute Gasteiger partial charge is 0.338 e. The molecule has 1 saturated carbocycles. The van der Waals surface area contributed by atoms with Crippen LogP contribution in [0.2, 0.25) is 0 Å². The Labute approximate surface area is 206 Å². The summed E-state index contributed by atoms with van der Waals surface area (Å²) in [6.07, 6.45) is 3.09. The summed E-state index contributed by atoms with van der Waals surface area (Å²) < 4.78 is 10.5. The topological polar surface area (TPSA) is 154 Å². The van der Waals surface area contributed by atoms with Crippen molar-refractivity contribution in [1.29, 1.82) is 0 Å². The molecule has 2 fully saturated rings. The molecule has 1 heterocycles. The Bertz CT molecular complexity index is 905. The third-order valence-electron chi connectivity index (χ3n) is 6.22. The fourth-order valence-corrected chi connectivity index (χ4v) is 3.30. The van der Waals surface area contributed by atoms with E-state index in [0.717, 1.165) is 19.3 Å².